The van der Waals surface area contributed by atoms with Crippen molar-refractivity contribution in [1.82, 2.24) is 0 Å². The number of carbonyl (C=O) groups is 2. The van der Waals surface area contributed by atoms with Gasteiger partial charge < -0.3 is 9.84 Å². The Hall–Kier alpha value is -0.900. The number of carbonyl (C=O) groups excluding carboxylic acids is 2. The molecule has 4 aliphatic carbocycles. The second kappa shape index (κ2) is 7.66. The average Bonchev–Trinajstić information content (AvgIpc) is 3.02. The summed E-state index contributed by atoms with van der Waals surface area (Å²) < 4.78 is 4.84. The molecule has 0 saturated heterocycles. The lowest BCUT2D eigenvalue weighted by Crippen LogP contribution is -2.57. The molecule has 9 atom stereocenters. The summed E-state index contributed by atoms with van der Waals surface area (Å²) in [7, 11) is 1.46. The molecule has 4 aliphatic rings. The monoisotopic (exact) mass is 404 g/mol. The third-order valence-electron chi connectivity index (χ3n) is 10.1. The molecule has 0 amide bonds. The Bertz CT molecular complexity index is 659. The van der Waals surface area contributed by atoms with Crippen LogP contribution in [0.5, 0.6) is 0 Å². The first kappa shape index (κ1) is 21.3. The number of methoxy groups -OCH3 is 1. The van der Waals surface area contributed by atoms with E-state index in [1.54, 1.807) is 0 Å². The van der Waals surface area contributed by atoms with E-state index in [9.17, 15) is 14.7 Å². The number of ether oxygens (including phenoxy) is 1. The van der Waals surface area contributed by atoms with Crippen molar-refractivity contribution in [2.45, 2.75) is 91.1 Å². The third-order valence-corrected chi connectivity index (χ3v) is 10.1. The van der Waals surface area contributed by atoms with Crippen LogP contribution in [0.1, 0.15) is 85.0 Å². The topological polar surface area (TPSA) is 63.6 Å². The lowest BCUT2D eigenvalue weighted by Gasteiger charge is -2.60. The smallest absolute Gasteiger partial charge is 0.305 e. The third kappa shape index (κ3) is 3.38. The zero-order valence-corrected chi connectivity index (χ0v) is 18.8. The zero-order chi connectivity index (χ0) is 21.0. The summed E-state index contributed by atoms with van der Waals surface area (Å²) in [6, 6.07) is 0. The Balaban J connectivity index is 1.54. The summed E-state index contributed by atoms with van der Waals surface area (Å²) in [4.78, 5) is 25.3. The standard InChI is InChI=1S/C25H40O4/c1-15(5-10-22(28)29-4)19-8-9-20-18-7-6-16-13-17(26)11-12-24(16,2)23(18)21(27)14-25(19,20)3/h15-20,23,26H,5-14H2,1-4H3/t15-,16+,17+,18-,19+,20-,23+,24+,25+/m1/s1. The number of esters is 1. The first-order chi connectivity index (χ1) is 13.7. The van der Waals surface area contributed by atoms with Crippen molar-refractivity contribution in [2.24, 2.45) is 46.3 Å². The van der Waals surface area contributed by atoms with Crippen LogP contribution in [0.2, 0.25) is 0 Å². The summed E-state index contributed by atoms with van der Waals surface area (Å²) >= 11 is 0. The van der Waals surface area contributed by atoms with Gasteiger partial charge in [0.25, 0.3) is 0 Å². The van der Waals surface area contributed by atoms with Gasteiger partial charge in [-0.2, -0.15) is 0 Å². The van der Waals surface area contributed by atoms with Crippen LogP contribution >= 0.6 is 0 Å². The van der Waals surface area contributed by atoms with Crippen LogP contribution in [-0.4, -0.2) is 30.1 Å². The highest BCUT2D eigenvalue weighted by molar-refractivity contribution is 5.84. The molecule has 4 saturated carbocycles. The predicted octanol–water partition coefficient (Wildman–Crippen LogP) is 4.77. The lowest BCUT2D eigenvalue weighted by molar-refractivity contribution is -0.162. The van der Waals surface area contributed by atoms with Crippen LogP contribution in [0.4, 0.5) is 0 Å². The maximum Gasteiger partial charge on any atom is 0.305 e. The fourth-order valence-corrected chi connectivity index (χ4v) is 8.67. The maximum absolute atomic E-state index is 13.7. The van der Waals surface area contributed by atoms with Gasteiger partial charge in [-0.1, -0.05) is 20.8 Å². The number of aliphatic hydroxyl groups excluding tert-OH is 1. The van der Waals surface area contributed by atoms with Gasteiger partial charge >= 0.3 is 5.97 Å². The highest BCUT2D eigenvalue weighted by atomic mass is 16.5. The Morgan fingerprint density at radius 3 is 2.66 bits per heavy atom. The van der Waals surface area contributed by atoms with E-state index < -0.39 is 0 Å². The van der Waals surface area contributed by atoms with Gasteiger partial charge in [0.05, 0.1) is 13.2 Å². The van der Waals surface area contributed by atoms with Crippen molar-refractivity contribution in [1.29, 1.82) is 0 Å². The molecule has 4 fully saturated rings. The van der Waals surface area contributed by atoms with Crippen molar-refractivity contribution in [3.63, 3.8) is 0 Å². The highest BCUT2D eigenvalue weighted by Crippen LogP contribution is 2.67. The molecule has 29 heavy (non-hydrogen) atoms. The molecule has 0 radical (unpaired) electrons. The van der Waals surface area contributed by atoms with E-state index in [0.29, 0.717) is 41.8 Å². The molecule has 0 bridgehead atoms. The number of rotatable bonds is 4. The van der Waals surface area contributed by atoms with E-state index in [2.05, 4.69) is 20.8 Å². The van der Waals surface area contributed by atoms with Crippen molar-refractivity contribution in [2.75, 3.05) is 7.11 Å². The SMILES string of the molecule is COC(=O)CC[C@@H](C)[C@@H]1CC[C@@H]2[C@H]3CC[C@H]4C[C@@H](O)CC[C@]4(C)[C@@H]3C(=O)C[C@]21C. The van der Waals surface area contributed by atoms with E-state index in [4.69, 9.17) is 4.74 Å². The van der Waals surface area contributed by atoms with Crippen LogP contribution < -0.4 is 0 Å². The van der Waals surface area contributed by atoms with Crippen LogP contribution in [0.15, 0.2) is 0 Å². The molecular formula is C25H40O4. The van der Waals surface area contributed by atoms with E-state index in [1.807, 2.05) is 0 Å². The molecular weight excluding hydrogens is 364 g/mol. The molecule has 0 aliphatic heterocycles. The highest BCUT2D eigenvalue weighted by Gasteiger charge is 2.63. The van der Waals surface area contributed by atoms with Crippen LogP contribution in [0.25, 0.3) is 0 Å². The van der Waals surface area contributed by atoms with E-state index in [1.165, 1.54) is 26.4 Å². The number of aliphatic hydroxyl groups is 1. The Labute approximate surface area is 176 Å². The molecule has 0 unspecified atom stereocenters. The average molecular weight is 405 g/mol. The Morgan fingerprint density at radius 1 is 1.17 bits per heavy atom. The van der Waals surface area contributed by atoms with Gasteiger partial charge in [-0.25, -0.2) is 0 Å². The summed E-state index contributed by atoms with van der Waals surface area (Å²) in [5.74, 6) is 3.24. The molecule has 4 rings (SSSR count). The van der Waals surface area contributed by atoms with E-state index in [-0.39, 0.29) is 28.8 Å². The molecule has 0 spiro atoms. The number of ketones is 1. The number of fused-ring (bicyclic) bond motifs is 5. The Morgan fingerprint density at radius 2 is 1.93 bits per heavy atom. The van der Waals surface area contributed by atoms with E-state index in [0.717, 1.165) is 38.5 Å². The first-order valence-corrected chi connectivity index (χ1v) is 12.0. The van der Waals surface area contributed by atoms with Gasteiger partial charge in [-0.05, 0) is 91.8 Å². The molecule has 0 aromatic rings. The van der Waals surface area contributed by atoms with Crippen LogP contribution in [0, 0.1) is 46.3 Å². The summed E-state index contributed by atoms with van der Waals surface area (Å²) in [5.41, 5.74) is 0.181. The molecule has 1 N–H and O–H groups in total. The molecule has 4 heteroatoms. The van der Waals surface area contributed by atoms with Crippen LogP contribution in [-0.2, 0) is 14.3 Å². The van der Waals surface area contributed by atoms with Crippen molar-refractivity contribution in [3.8, 4) is 0 Å². The van der Waals surface area contributed by atoms with Gasteiger partial charge in [-0.3, -0.25) is 9.59 Å². The quantitative estimate of drug-likeness (QED) is 0.685. The van der Waals surface area contributed by atoms with Gasteiger partial charge in [0.1, 0.15) is 5.78 Å². The van der Waals surface area contributed by atoms with Crippen LogP contribution in [0.3, 0.4) is 0 Å². The second-order valence-electron chi connectivity index (χ2n) is 11.4. The maximum atomic E-state index is 13.7. The van der Waals surface area contributed by atoms with Gasteiger partial charge in [0.2, 0.25) is 0 Å². The number of hydrogen-bond acceptors (Lipinski definition) is 4. The molecule has 164 valence electrons. The molecule has 0 heterocycles. The number of hydrogen-bond donors (Lipinski definition) is 1. The Kier molecular flexibility index (Phi) is 5.63. The molecule has 0 aromatic carbocycles. The minimum Gasteiger partial charge on any atom is -0.469 e. The van der Waals surface area contributed by atoms with Crippen molar-refractivity contribution >= 4 is 11.8 Å². The fraction of sp³-hybridized carbons (Fsp3) is 0.920. The first-order valence-electron chi connectivity index (χ1n) is 12.0. The van der Waals surface area contributed by atoms with Gasteiger partial charge in [0, 0.05) is 18.8 Å². The van der Waals surface area contributed by atoms with Gasteiger partial charge in [-0.15, -0.1) is 0 Å². The summed E-state index contributed by atoms with van der Waals surface area (Å²) in [6.45, 7) is 7.03. The predicted molar refractivity (Wildman–Crippen MR) is 112 cm³/mol. The largest absolute Gasteiger partial charge is 0.469 e. The molecule has 0 aromatic heterocycles. The summed E-state index contributed by atoms with van der Waals surface area (Å²) in [5, 5.41) is 10.2. The fourth-order valence-electron chi connectivity index (χ4n) is 8.67. The second-order valence-corrected chi connectivity index (χ2v) is 11.4. The summed E-state index contributed by atoms with van der Waals surface area (Å²) in [6.07, 6.45) is 9.42. The van der Waals surface area contributed by atoms with Gasteiger partial charge in [0.15, 0.2) is 0 Å². The minimum absolute atomic E-state index is 0.0885. The lowest BCUT2D eigenvalue weighted by atomic mass is 9.44. The van der Waals surface area contributed by atoms with Crippen molar-refractivity contribution in [3.05, 3.63) is 0 Å². The minimum atomic E-state index is -0.167. The molecule has 4 nitrogen and oxygen atoms in total. The zero-order valence-electron chi connectivity index (χ0n) is 18.8. The normalized spacial score (nSPS) is 47.7. The van der Waals surface area contributed by atoms with E-state index >= 15 is 0 Å². The number of Topliss-reactive ketones (excluding diaryl/α,β-unsaturated/α-hetero) is 1. The van der Waals surface area contributed by atoms with Crippen molar-refractivity contribution < 1.29 is 19.4 Å².